The molecule has 0 amide bonds. The number of ether oxygens (including phenoxy) is 1. The first kappa shape index (κ1) is 33.4. The van der Waals surface area contributed by atoms with Crippen LogP contribution in [0.1, 0.15) is 6.42 Å². The number of hydrogen-bond acceptors (Lipinski definition) is 8. The summed E-state index contributed by atoms with van der Waals surface area (Å²) in [5.74, 6) is -6.05. The predicted octanol–water partition coefficient (Wildman–Crippen LogP) is 4.93. The third-order valence-electron chi connectivity index (χ3n) is 4.29. The Morgan fingerprint density at radius 3 is 2.08 bits per heavy atom. The summed E-state index contributed by atoms with van der Waals surface area (Å²) < 4.78 is 105. The SMILES string of the molecule is CN(C)CCCOc1cc(F)c(-c2c(Cl)nc(N(C)C#N)nc2NCC(F)(F)F)c(F)c1.O=C(O)C(F)(F)F. The molecule has 0 fully saturated rings. The monoisotopic (exact) mass is 592 g/mol. The molecule has 0 aliphatic heterocycles. The van der Waals surface area contributed by atoms with Crippen molar-refractivity contribution < 1.29 is 49.8 Å². The van der Waals surface area contributed by atoms with Crippen molar-refractivity contribution in [2.24, 2.45) is 0 Å². The number of aromatic nitrogens is 2. The van der Waals surface area contributed by atoms with Gasteiger partial charge in [-0.05, 0) is 20.5 Å². The second-order valence-electron chi connectivity index (χ2n) is 7.74. The van der Waals surface area contributed by atoms with E-state index in [1.54, 1.807) is 6.19 Å². The zero-order chi connectivity index (χ0) is 30.1. The highest BCUT2D eigenvalue weighted by atomic mass is 35.5. The number of carboxylic acids is 1. The Bertz CT molecular complexity index is 1160. The molecule has 1 aromatic carbocycles. The Hall–Kier alpha value is -3.65. The topological polar surface area (TPSA) is 115 Å². The van der Waals surface area contributed by atoms with Crippen LogP contribution in [0, 0.1) is 23.1 Å². The number of anilines is 2. The average molecular weight is 593 g/mol. The first-order chi connectivity index (χ1) is 17.9. The van der Waals surface area contributed by atoms with Gasteiger partial charge >= 0.3 is 18.3 Å². The Kier molecular flexibility index (Phi) is 11.9. The van der Waals surface area contributed by atoms with Gasteiger partial charge in [-0.15, -0.1) is 0 Å². The second-order valence-corrected chi connectivity index (χ2v) is 8.09. The highest BCUT2D eigenvalue weighted by Gasteiger charge is 2.38. The van der Waals surface area contributed by atoms with Gasteiger partial charge in [0.25, 0.3) is 0 Å². The Morgan fingerprint density at radius 1 is 1.10 bits per heavy atom. The quantitative estimate of drug-likeness (QED) is 0.137. The summed E-state index contributed by atoms with van der Waals surface area (Å²) in [6.45, 7) is -0.652. The van der Waals surface area contributed by atoms with Crippen molar-refractivity contribution >= 4 is 29.3 Å². The Morgan fingerprint density at radius 2 is 1.64 bits per heavy atom. The summed E-state index contributed by atoms with van der Waals surface area (Å²) in [5, 5.41) is 17.5. The molecule has 1 heterocycles. The molecule has 0 atom stereocenters. The van der Waals surface area contributed by atoms with E-state index in [2.05, 4.69) is 9.97 Å². The van der Waals surface area contributed by atoms with Crippen LogP contribution in [0.5, 0.6) is 5.75 Å². The minimum Gasteiger partial charge on any atom is -0.493 e. The first-order valence-corrected chi connectivity index (χ1v) is 10.8. The number of alkyl halides is 6. The van der Waals surface area contributed by atoms with E-state index in [1.165, 1.54) is 7.05 Å². The largest absolute Gasteiger partial charge is 0.493 e. The summed E-state index contributed by atoms with van der Waals surface area (Å²) in [6, 6.07) is 1.79. The molecular weight excluding hydrogens is 572 g/mol. The fraction of sp³-hybridized carbons (Fsp3) is 0.429. The van der Waals surface area contributed by atoms with E-state index in [-0.39, 0.29) is 18.3 Å². The fourth-order valence-corrected chi connectivity index (χ4v) is 2.85. The molecule has 0 aliphatic carbocycles. The van der Waals surface area contributed by atoms with Gasteiger partial charge in [-0.25, -0.2) is 13.6 Å². The lowest BCUT2D eigenvalue weighted by Crippen LogP contribution is -2.23. The van der Waals surface area contributed by atoms with Crippen LogP contribution in [0.15, 0.2) is 12.1 Å². The number of hydrogen-bond donors (Lipinski definition) is 2. The van der Waals surface area contributed by atoms with Crippen LogP contribution in [0.4, 0.5) is 46.9 Å². The van der Waals surface area contributed by atoms with E-state index in [1.807, 2.05) is 24.3 Å². The third-order valence-corrected chi connectivity index (χ3v) is 4.56. The number of rotatable bonds is 9. The first-order valence-electron chi connectivity index (χ1n) is 10.5. The number of carbonyl (C=O) groups is 1. The molecule has 0 saturated heterocycles. The van der Waals surface area contributed by atoms with Gasteiger partial charge in [-0.3, -0.25) is 4.90 Å². The molecule has 0 unspecified atom stereocenters. The van der Waals surface area contributed by atoms with Crippen molar-refractivity contribution in [2.45, 2.75) is 18.8 Å². The van der Waals surface area contributed by atoms with Crippen molar-refractivity contribution in [2.75, 3.05) is 51.1 Å². The molecule has 2 rings (SSSR count). The lowest BCUT2D eigenvalue weighted by molar-refractivity contribution is -0.192. The normalized spacial score (nSPS) is 11.4. The number of carboxylic acid groups (broad SMARTS) is 1. The number of aliphatic carboxylic acids is 1. The van der Waals surface area contributed by atoms with Gasteiger partial charge in [-0.2, -0.15) is 41.6 Å². The second kappa shape index (κ2) is 13.9. The van der Waals surface area contributed by atoms with Gasteiger partial charge in [0.1, 0.15) is 34.9 Å². The molecule has 2 N–H and O–H groups in total. The average Bonchev–Trinajstić information content (AvgIpc) is 2.79. The molecule has 2 aromatic rings. The van der Waals surface area contributed by atoms with Crippen LogP contribution >= 0.6 is 11.6 Å². The van der Waals surface area contributed by atoms with Crippen molar-refractivity contribution in [3.63, 3.8) is 0 Å². The zero-order valence-corrected chi connectivity index (χ0v) is 21.1. The van der Waals surface area contributed by atoms with Crippen molar-refractivity contribution in [3.05, 3.63) is 28.9 Å². The minimum atomic E-state index is -5.08. The van der Waals surface area contributed by atoms with Crippen LogP contribution in [0.2, 0.25) is 5.15 Å². The van der Waals surface area contributed by atoms with Gasteiger partial charge in [0.2, 0.25) is 5.95 Å². The molecule has 18 heteroatoms. The lowest BCUT2D eigenvalue weighted by atomic mass is 10.1. The van der Waals surface area contributed by atoms with E-state index < -0.39 is 58.6 Å². The van der Waals surface area contributed by atoms with Gasteiger partial charge in [0.05, 0.1) is 17.7 Å². The molecule has 0 radical (unpaired) electrons. The van der Waals surface area contributed by atoms with E-state index in [9.17, 15) is 35.1 Å². The maximum Gasteiger partial charge on any atom is 0.490 e. The highest BCUT2D eigenvalue weighted by molar-refractivity contribution is 6.32. The lowest BCUT2D eigenvalue weighted by Gasteiger charge is -2.18. The molecule has 216 valence electrons. The summed E-state index contributed by atoms with van der Waals surface area (Å²) >= 11 is 6.06. The van der Waals surface area contributed by atoms with Crippen LogP contribution in [0.3, 0.4) is 0 Å². The Balaban J connectivity index is 0.000000956. The number of nitrogens with zero attached hydrogens (tertiary/aromatic N) is 5. The summed E-state index contributed by atoms with van der Waals surface area (Å²) in [6.07, 6.45) is -7.47. The molecule has 9 nitrogen and oxygen atoms in total. The van der Waals surface area contributed by atoms with Crippen molar-refractivity contribution in [3.8, 4) is 23.1 Å². The third kappa shape index (κ3) is 10.9. The van der Waals surface area contributed by atoms with Gasteiger partial charge < -0.3 is 20.1 Å². The Labute approximate surface area is 221 Å². The predicted molar refractivity (Wildman–Crippen MR) is 123 cm³/mol. The number of benzene rings is 1. The molecule has 1 aromatic heterocycles. The van der Waals surface area contributed by atoms with Crippen LogP contribution in [-0.2, 0) is 4.79 Å². The molecule has 39 heavy (non-hydrogen) atoms. The van der Waals surface area contributed by atoms with Crippen LogP contribution < -0.4 is 15.0 Å². The summed E-state index contributed by atoms with van der Waals surface area (Å²) in [5.41, 5.74) is -1.24. The van der Waals surface area contributed by atoms with Crippen LogP contribution in [0.25, 0.3) is 11.1 Å². The molecule has 0 saturated carbocycles. The van der Waals surface area contributed by atoms with Crippen LogP contribution in [-0.4, -0.2) is 79.1 Å². The highest BCUT2D eigenvalue weighted by Crippen LogP contribution is 2.39. The van der Waals surface area contributed by atoms with Gasteiger partial charge in [-0.1, -0.05) is 11.6 Å². The number of nitriles is 1. The van der Waals surface area contributed by atoms with Gasteiger partial charge in [0, 0.05) is 25.7 Å². The number of halogens is 9. The fourth-order valence-electron chi connectivity index (χ4n) is 2.59. The van der Waals surface area contributed by atoms with Gasteiger partial charge in [0.15, 0.2) is 6.19 Å². The standard InChI is InChI=1S/C19H20ClF5N6O.C2HF3O2/c1-30(2)5-4-6-32-11-7-12(21)14(13(22)8-11)15-16(20)28-18(31(3)10-26)29-17(15)27-9-19(23,24)25;3-2(4,5)1(6)7/h7-8H,4-6,9H2,1-3H3,(H,27,28,29);(H,6,7). The van der Waals surface area contributed by atoms with E-state index in [0.29, 0.717) is 13.0 Å². The van der Waals surface area contributed by atoms with E-state index >= 15 is 0 Å². The maximum absolute atomic E-state index is 14.8. The molecular formula is C21H21ClF8N6O3. The molecule has 0 spiro atoms. The zero-order valence-electron chi connectivity index (χ0n) is 20.4. The van der Waals surface area contributed by atoms with Crippen molar-refractivity contribution in [1.29, 1.82) is 5.26 Å². The molecule has 0 aliphatic rings. The van der Waals surface area contributed by atoms with E-state index in [0.717, 1.165) is 17.0 Å². The summed E-state index contributed by atoms with van der Waals surface area (Å²) in [7, 11) is 4.97. The van der Waals surface area contributed by atoms with E-state index in [4.69, 9.17) is 31.5 Å². The number of nitrogens with one attached hydrogen (secondary N) is 1. The van der Waals surface area contributed by atoms with Crippen molar-refractivity contribution in [1.82, 2.24) is 14.9 Å². The maximum atomic E-state index is 14.8. The summed E-state index contributed by atoms with van der Waals surface area (Å²) in [4.78, 5) is 19.2. The smallest absolute Gasteiger partial charge is 0.490 e. The molecule has 0 bridgehead atoms. The minimum absolute atomic E-state index is 0.0924.